The molecule has 4 rings (SSSR count). The third-order valence-corrected chi connectivity index (χ3v) is 6.30. The van der Waals surface area contributed by atoms with Crippen LogP contribution in [0.5, 0.6) is 0 Å². The highest BCUT2D eigenvalue weighted by atomic mass is 19.4. The van der Waals surface area contributed by atoms with Crippen molar-refractivity contribution in [2.75, 3.05) is 5.32 Å². The summed E-state index contributed by atoms with van der Waals surface area (Å²) in [6.45, 7) is -0.0134. The second-order valence-corrected chi connectivity index (χ2v) is 8.71. The molecule has 1 aromatic heterocycles. The van der Waals surface area contributed by atoms with Crippen LogP contribution in [0.3, 0.4) is 0 Å². The fourth-order valence-electron chi connectivity index (χ4n) is 4.51. The molecule has 1 heterocycles. The van der Waals surface area contributed by atoms with Crippen molar-refractivity contribution >= 4 is 11.6 Å². The van der Waals surface area contributed by atoms with Crippen LogP contribution in [0, 0.1) is 17.2 Å². The van der Waals surface area contributed by atoms with E-state index in [4.69, 9.17) is 0 Å². The number of nitrogens with zero attached hydrogens (tertiary/aromatic N) is 2. The highest BCUT2D eigenvalue weighted by Crippen LogP contribution is 2.34. The topological polar surface area (TPSA) is 74.9 Å². The van der Waals surface area contributed by atoms with Gasteiger partial charge in [0.05, 0.1) is 17.8 Å². The number of pyridine rings is 1. The lowest BCUT2D eigenvalue weighted by Gasteiger charge is -2.21. The molecule has 1 N–H and O–H groups in total. The predicted molar refractivity (Wildman–Crippen MR) is 127 cm³/mol. The lowest BCUT2D eigenvalue weighted by Crippen LogP contribution is -2.28. The fourth-order valence-corrected chi connectivity index (χ4v) is 4.51. The van der Waals surface area contributed by atoms with E-state index in [1.165, 1.54) is 10.6 Å². The van der Waals surface area contributed by atoms with Crippen LogP contribution in [0.4, 0.5) is 18.9 Å². The number of amides is 1. The first kappa shape index (κ1) is 24.3. The SMILES string of the molecule is N#Cc1c(C(F)(F)F)cc(-c2cccc(NC(=O)C3CCCCC3)c2)n(Cc2ccccc2)c1=O. The second kappa shape index (κ2) is 10.2. The maximum Gasteiger partial charge on any atom is 0.417 e. The third kappa shape index (κ3) is 5.46. The molecule has 35 heavy (non-hydrogen) atoms. The second-order valence-electron chi connectivity index (χ2n) is 8.71. The fraction of sp³-hybridized carbons (Fsp3) is 0.296. The first-order valence-electron chi connectivity index (χ1n) is 11.5. The van der Waals surface area contributed by atoms with Crippen LogP contribution in [-0.2, 0) is 17.5 Å². The van der Waals surface area contributed by atoms with E-state index in [-0.39, 0.29) is 24.1 Å². The molecule has 0 saturated heterocycles. The van der Waals surface area contributed by atoms with E-state index in [0.717, 1.165) is 38.2 Å². The monoisotopic (exact) mass is 479 g/mol. The Bertz CT molecular complexity index is 1320. The molecule has 1 saturated carbocycles. The van der Waals surface area contributed by atoms with Gasteiger partial charge in [0.15, 0.2) is 0 Å². The van der Waals surface area contributed by atoms with Gasteiger partial charge in [-0.3, -0.25) is 9.59 Å². The predicted octanol–water partition coefficient (Wildman–Crippen LogP) is 5.97. The van der Waals surface area contributed by atoms with Crippen molar-refractivity contribution < 1.29 is 18.0 Å². The summed E-state index contributed by atoms with van der Waals surface area (Å²) in [4.78, 5) is 25.8. The number of hydrogen-bond donors (Lipinski definition) is 1. The van der Waals surface area contributed by atoms with Crippen molar-refractivity contribution in [2.45, 2.75) is 44.8 Å². The molecule has 3 aromatic rings. The van der Waals surface area contributed by atoms with E-state index in [1.807, 2.05) is 0 Å². The van der Waals surface area contributed by atoms with Crippen LogP contribution in [0.1, 0.15) is 48.8 Å². The van der Waals surface area contributed by atoms with E-state index >= 15 is 0 Å². The summed E-state index contributed by atoms with van der Waals surface area (Å²) in [5.74, 6) is -0.199. The Balaban J connectivity index is 1.80. The molecule has 0 bridgehead atoms. The quantitative estimate of drug-likeness (QED) is 0.490. The maximum atomic E-state index is 13.8. The van der Waals surface area contributed by atoms with Crippen molar-refractivity contribution in [3.8, 4) is 17.3 Å². The van der Waals surface area contributed by atoms with Gasteiger partial charge in [-0.05, 0) is 36.6 Å². The average molecular weight is 480 g/mol. The smallest absolute Gasteiger partial charge is 0.326 e. The number of rotatable bonds is 5. The van der Waals surface area contributed by atoms with Crippen LogP contribution in [0.2, 0.25) is 0 Å². The van der Waals surface area contributed by atoms with Crippen molar-refractivity contribution in [2.24, 2.45) is 5.92 Å². The van der Waals surface area contributed by atoms with Gasteiger partial charge in [-0.15, -0.1) is 0 Å². The molecule has 0 radical (unpaired) electrons. The van der Waals surface area contributed by atoms with Gasteiger partial charge in [-0.2, -0.15) is 18.4 Å². The van der Waals surface area contributed by atoms with Gasteiger partial charge in [0.2, 0.25) is 5.91 Å². The van der Waals surface area contributed by atoms with E-state index in [2.05, 4.69) is 5.32 Å². The molecule has 0 aliphatic heterocycles. The summed E-state index contributed by atoms with van der Waals surface area (Å²) in [7, 11) is 0. The van der Waals surface area contributed by atoms with Gasteiger partial charge >= 0.3 is 6.18 Å². The largest absolute Gasteiger partial charge is 0.417 e. The third-order valence-electron chi connectivity index (χ3n) is 6.30. The number of hydrogen-bond acceptors (Lipinski definition) is 3. The van der Waals surface area contributed by atoms with E-state index < -0.39 is 22.9 Å². The summed E-state index contributed by atoms with van der Waals surface area (Å²) >= 11 is 0. The molecule has 180 valence electrons. The molecule has 2 aromatic carbocycles. The van der Waals surface area contributed by atoms with Crippen LogP contribution in [0.25, 0.3) is 11.3 Å². The van der Waals surface area contributed by atoms with Gasteiger partial charge in [0.25, 0.3) is 5.56 Å². The molecule has 1 fully saturated rings. The van der Waals surface area contributed by atoms with Crippen molar-refractivity contribution in [3.63, 3.8) is 0 Å². The summed E-state index contributed by atoms with van der Waals surface area (Å²) in [6.07, 6.45) is -0.153. The van der Waals surface area contributed by atoms with Crippen LogP contribution in [0.15, 0.2) is 65.5 Å². The molecular weight excluding hydrogens is 455 g/mol. The summed E-state index contributed by atoms with van der Waals surface area (Å²) in [5, 5.41) is 12.2. The van der Waals surface area contributed by atoms with Crippen molar-refractivity contribution in [3.05, 3.63) is 87.7 Å². The molecule has 0 unspecified atom stereocenters. The highest BCUT2D eigenvalue weighted by molar-refractivity contribution is 5.93. The zero-order valence-corrected chi connectivity index (χ0v) is 18.9. The Morgan fingerprint density at radius 1 is 1.03 bits per heavy atom. The van der Waals surface area contributed by atoms with Gasteiger partial charge in [0.1, 0.15) is 11.6 Å². The van der Waals surface area contributed by atoms with Crippen LogP contribution < -0.4 is 10.9 Å². The zero-order valence-electron chi connectivity index (χ0n) is 18.9. The number of carbonyl (C=O) groups is 1. The Hall–Kier alpha value is -3.86. The van der Waals surface area contributed by atoms with Crippen molar-refractivity contribution in [1.82, 2.24) is 4.57 Å². The summed E-state index contributed by atoms with van der Waals surface area (Å²) < 4.78 is 42.5. The van der Waals surface area contributed by atoms with E-state index in [9.17, 15) is 28.0 Å². The number of carbonyl (C=O) groups excluding carboxylic acids is 1. The number of benzene rings is 2. The van der Waals surface area contributed by atoms with Crippen molar-refractivity contribution in [1.29, 1.82) is 5.26 Å². The number of aromatic nitrogens is 1. The first-order chi connectivity index (χ1) is 16.8. The standard InChI is InChI=1S/C27H24F3N3O2/c28-27(29,30)23-15-24(33(26(35)22(23)16-31)17-18-8-3-1-4-9-18)20-12-7-13-21(14-20)32-25(34)19-10-5-2-6-11-19/h1,3-4,7-9,12-15,19H,2,5-6,10-11,17H2,(H,32,34). The molecule has 8 heteroatoms. The first-order valence-corrected chi connectivity index (χ1v) is 11.5. The molecule has 1 aliphatic carbocycles. The van der Waals surface area contributed by atoms with Gasteiger partial charge in [-0.1, -0.05) is 61.7 Å². The Morgan fingerprint density at radius 3 is 2.40 bits per heavy atom. The molecule has 5 nitrogen and oxygen atoms in total. The van der Waals surface area contributed by atoms with E-state index in [0.29, 0.717) is 16.8 Å². The Labute approximate surface area is 200 Å². The Kier molecular flexibility index (Phi) is 7.06. The minimum Gasteiger partial charge on any atom is -0.326 e. The van der Waals surface area contributed by atoms with Gasteiger partial charge < -0.3 is 9.88 Å². The minimum atomic E-state index is -4.88. The maximum absolute atomic E-state index is 13.8. The number of halogens is 3. The van der Waals surface area contributed by atoms with E-state index in [1.54, 1.807) is 54.6 Å². The Morgan fingerprint density at radius 2 is 1.74 bits per heavy atom. The number of anilines is 1. The molecule has 0 spiro atoms. The number of alkyl halides is 3. The van der Waals surface area contributed by atoms with Gasteiger partial charge in [0, 0.05) is 17.2 Å². The normalized spacial score (nSPS) is 14.3. The molecule has 1 amide bonds. The summed E-state index contributed by atoms with van der Waals surface area (Å²) in [6, 6.07) is 17.5. The molecular formula is C27H24F3N3O2. The van der Waals surface area contributed by atoms with Gasteiger partial charge in [-0.25, -0.2) is 0 Å². The minimum absolute atomic E-state index is 0.0129. The molecule has 1 aliphatic rings. The average Bonchev–Trinajstić information content (AvgIpc) is 2.85. The summed E-state index contributed by atoms with van der Waals surface area (Å²) in [5.41, 5.74) is -1.76. The molecule has 0 atom stereocenters. The number of nitriles is 1. The zero-order chi connectivity index (χ0) is 25.0. The lowest BCUT2D eigenvalue weighted by molar-refractivity contribution is -0.137. The van der Waals surface area contributed by atoms with Crippen LogP contribution >= 0.6 is 0 Å². The van der Waals surface area contributed by atoms with Crippen LogP contribution in [-0.4, -0.2) is 10.5 Å². The lowest BCUT2D eigenvalue weighted by atomic mass is 9.88. The number of nitrogens with one attached hydrogen (secondary N) is 1. The highest BCUT2D eigenvalue weighted by Gasteiger charge is 2.36.